The van der Waals surface area contributed by atoms with Gasteiger partial charge in [0.25, 0.3) is 5.91 Å². The number of aromatic amines is 1. The maximum Gasteiger partial charge on any atom is 0.327 e. The van der Waals surface area contributed by atoms with Gasteiger partial charge in [-0.05, 0) is 19.8 Å². The maximum absolute atomic E-state index is 12.3. The largest absolute Gasteiger partial charge is 0.480 e. The van der Waals surface area contributed by atoms with Crippen molar-refractivity contribution in [2.24, 2.45) is 0 Å². The molecule has 1 amide bonds. The van der Waals surface area contributed by atoms with Gasteiger partial charge in [-0.15, -0.1) is 16.9 Å². The lowest BCUT2D eigenvalue weighted by atomic mass is 10.2. The highest BCUT2D eigenvalue weighted by Gasteiger charge is 2.41. The summed E-state index contributed by atoms with van der Waals surface area (Å²) in [6.07, 6.45) is 2.13. The van der Waals surface area contributed by atoms with E-state index in [2.05, 4.69) is 15.2 Å². The maximum atomic E-state index is 12.3. The lowest BCUT2D eigenvalue weighted by Gasteiger charge is -2.23. The van der Waals surface area contributed by atoms with Crippen molar-refractivity contribution < 1.29 is 14.7 Å². The third-order valence-electron chi connectivity index (χ3n) is 3.40. The number of hydrogen-bond acceptors (Lipinski definition) is 5. The molecule has 2 fully saturated rings. The minimum atomic E-state index is -0.983. The summed E-state index contributed by atoms with van der Waals surface area (Å²) in [5.41, 5.74) is 0. The summed E-state index contributed by atoms with van der Waals surface area (Å²) >= 11 is 1.45. The van der Waals surface area contributed by atoms with Crippen LogP contribution in [0, 0.1) is 0 Å². The zero-order chi connectivity index (χ0) is 13.6. The first-order valence-electron chi connectivity index (χ1n) is 6.17. The van der Waals surface area contributed by atoms with Gasteiger partial charge in [0.1, 0.15) is 11.9 Å². The number of carboxylic acids is 1. The molecule has 0 bridgehead atoms. The lowest BCUT2D eigenvalue weighted by molar-refractivity contribution is -0.141. The van der Waals surface area contributed by atoms with Crippen LogP contribution in [-0.4, -0.2) is 54.2 Å². The number of nitrogens with zero attached hydrogens (tertiary/aromatic N) is 3. The van der Waals surface area contributed by atoms with Crippen LogP contribution < -0.4 is 0 Å². The molecule has 1 aliphatic heterocycles. The Hall–Kier alpha value is -1.57. The third-order valence-corrected chi connectivity index (χ3v) is 4.62. The second kappa shape index (κ2) is 4.52. The Labute approximate surface area is 113 Å². The Balaban J connectivity index is 1.82. The van der Waals surface area contributed by atoms with Crippen molar-refractivity contribution in [1.82, 2.24) is 20.1 Å². The third kappa shape index (κ3) is 2.20. The Morgan fingerprint density at radius 3 is 2.84 bits per heavy atom. The van der Waals surface area contributed by atoms with Gasteiger partial charge < -0.3 is 10.0 Å². The Morgan fingerprint density at radius 1 is 1.47 bits per heavy atom. The lowest BCUT2D eigenvalue weighted by Crippen LogP contribution is -2.45. The molecule has 102 valence electrons. The molecule has 3 rings (SSSR count). The number of nitrogens with one attached hydrogen (secondary N) is 1. The second-order valence-corrected chi connectivity index (χ2v) is 6.17. The minimum Gasteiger partial charge on any atom is -0.480 e. The topological polar surface area (TPSA) is 99.2 Å². The first kappa shape index (κ1) is 12.5. The molecule has 1 aliphatic carbocycles. The van der Waals surface area contributed by atoms with E-state index >= 15 is 0 Å². The fourth-order valence-corrected chi connectivity index (χ4v) is 3.33. The van der Waals surface area contributed by atoms with Crippen LogP contribution in [0.5, 0.6) is 0 Å². The first-order valence-corrected chi connectivity index (χ1v) is 7.22. The van der Waals surface area contributed by atoms with Gasteiger partial charge in [-0.3, -0.25) is 9.89 Å². The molecule has 19 heavy (non-hydrogen) atoms. The number of hydrogen-bond donors (Lipinski definition) is 2. The quantitative estimate of drug-likeness (QED) is 0.845. The normalized spacial score (nSPS) is 26.7. The molecule has 0 aromatic carbocycles. The standard InChI is InChI=1S/C11H14N4O3S/c1-5-15(7(4-19-5)11(17)18)10(16)9-12-8(13-14-9)6-2-3-6/h5-7H,2-4H2,1H3,(H,17,18)(H,12,13,14). The van der Waals surface area contributed by atoms with E-state index in [1.807, 2.05) is 6.92 Å². The molecule has 0 spiro atoms. The van der Waals surface area contributed by atoms with E-state index in [-0.39, 0.29) is 11.2 Å². The predicted molar refractivity (Wildman–Crippen MR) is 67.9 cm³/mol. The average Bonchev–Trinajstić information content (AvgIpc) is 2.97. The van der Waals surface area contributed by atoms with Crippen LogP contribution in [0.25, 0.3) is 0 Å². The Bertz CT molecular complexity index is 528. The summed E-state index contributed by atoms with van der Waals surface area (Å²) in [5, 5.41) is 15.7. The second-order valence-electron chi connectivity index (χ2n) is 4.82. The molecule has 2 atom stereocenters. The molecule has 7 nitrogen and oxygen atoms in total. The molecular weight excluding hydrogens is 268 g/mol. The molecular formula is C11H14N4O3S. The highest BCUT2D eigenvalue weighted by atomic mass is 32.2. The summed E-state index contributed by atoms with van der Waals surface area (Å²) in [5.74, 6) is 0.199. The van der Waals surface area contributed by atoms with Crippen LogP contribution in [0.15, 0.2) is 0 Å². The van der Waals surface area contributed by atoms with E-state index in [0.29, 0.717) is 11.7 Å². The number of amides is 1. The van der Waals surface area contributed by atoms with Gasteiger partial charge in [0.2, 0.25) is 5.82 Å². The first-order chi connectivity index (χ1) is 9.08. The van der Waals surface area contributed by atoms with Crippen LogP contribution >= 0.6 is 11.8 Å². The summed E-state index contributed by atoms with van der Waals surface area (Å²) in [6, 6.07) is -0.796. The number of aliphatic carboxylic acids is 1. The van der Waals surface area contributed by atoms with E-state index in [4.69, 9.17) is 5.11 Å². The molecule has 2 unspecified atom stereocenters. The van der Waals surface area contributed by atoms with E-state index < -0.39 is 17.9 Å². The van der Waals surface area contributed by atoms with Crippen LogP contribution in [0.2, 0.25) is 0 Å². The van der Waals surface area contributed by atoms with E-state index in [1.165, 1.54) is 16.7 Å². The van der Waals surface area contributed by atoms with Gasteiger partial charge >= 0.3 is 5.97 Å². The van der Waals surface area contributed by atoms with Gasteiger partial charge in [0.05, 0.1) is 5.37 Å². The van der Waals surface area contributed by atoms with Crippen LogP contribution in [0.3, 0.4) is 0 Å². The number of carboxylic acid groups (broad SMARTS) is 1. The van der Waals surface area contributed by atoms with Gasteiger partial charge in [-0.2, -0.15) is 0 Å². The molecule has 2 N–H and O–H groups in total. The fourth-order valence-electron chi connectivity index (χ4n) is 2.17. The Morgan fingerprint density at radius 2 is 2.21 bits per heavy atom. The summed E-state index contributed by atoms with van der Waals surface area (Å²) in [6.45, 7) is 1.82. The van der Waals surface area contributed by atoms with E-state index in [9.17, 15) is 9.59 Å². The SMILES string of the molecule is CC1SCC(C(=O)O)N1C(=O)c1n[nH]c(C2CC2)n1. The molecule has 2 aliphatic rings. The van der Waals surface area contributed by atoms with E-state index in [0.717, 1.165) is 18.7 Å². The Kier molecular flexibility index (Phi) is 2.96. The molecule has 1 saturated carbocycles. The highest BCUT2D eigenvalue weighted by molar-refractivity contribution is 8.00. The number of thioether (sulfide) groups is 1. The summed E-state index contributed by atoms with van der Waals surface area (Å²) < 4.78 is 0. The van der Waals surface area contributed by atoms with Crippen molar-refractivity contribution in [3.8, 4) is 0 Å². The van der Waals surface area contributed by atoms with Gasteiger partial charge in [0, 0.05) is 11.7 Å². The zero-order valence-electron chi connectivity index (χ0n) is 10.4. The summed E-state index contributed by atoms with van der Waals surface area (Å²) in [7, 11) is 0. The molecule has 1 aromatic rings. The van der Waals surface area contributed by atoms with E-state index in [1.54, 1.807) is 0 Å². The van der Waals surface area contributed by atoms with Crippen molar-refractivity contribution in [3.63, 3.8) is 0 Å². The number of carbonyl (C=O) groups excluding carboxylic acids is 1. The summed E-state index contributed by atoms with van der Waals surface area (Å²) in [4.78, 5) is 29.0. The number of H-pyrrole nitrogens is 1. The number of aromatic nitrogens is 3. The van der Waals surface area contributed by atoms with Crippen molar-refractivity contribution in [2.75, 3.05) is 5.75 Å². The number of rotatable bonds is 3. The molecule has 8 heteroatoms. The highest BCUT2D eigenvalue weighted by Crippen LogP contribution is 2.38. The van der Waals surface area contributed by atoms with Crippen molar-refractivity contribution >= 4 is 23.6 Å². The number of carbonyl (C=O) groups is 2. The molecule has 2 heterocycles. The van der Waals surface area contributed by atoms with Gasteiger partial charge in [-0.25, -0.2) is 9.78 Å². The average molecular weight is 282 g/mol. The molecule has 0 radical (unpaired) electrons. The van der Waals surface area contributed by atoms with Crippen molar-refractivity contribution in [2.45, 2.75) is 37.1 Å². The molecule has 1 saturated heterocycles. The zero-order valence-corrected chi connectivity index (χ0v) is 11.2. The smallest absolute Gasteiger partial charge is 0.327 e. The van der Waals surface area contributed by atoms with Gasteiger partial charge in [-0.1, -0.05) is 0 Å². The monoisotopic (exact) mass is 282 g/mol. The van der Waals surface area contributed by atoms with Crippen molar-refractivity contribution in [3.05, 3.63) is 11.6 Å². The van der Waals surface area contributed by atoms with Crippen LogP contribution in [0.1, 0.15) is 42.1 Å². The van der Waals surface area contributed by atoms with Crippen molar-refractivity contribution in [1.29, 1.82) is 0 Å². The predicted octanol–water partition coefficient (Wildman–Crippen LogP) is 0.670. The minimum absolute atomic E-state index is 0.0718. The molecule has 1 aromatic heterocycles. The van der Waals surface area contributed by atoms with Crippen LogP contribution in [0.4, 0.5) is 0 Å². The van der Waals surface area contributed by atoms with Crippen LogP contribution in [-0.2, 0) is 4.79 Å². The fraction of sp³-hybridized carbons (Fsp3) is 0.636. The van der Waals surface area contributed by atoms with Gasteiger partial charge in [0.15, 0.2) is 0 Å².